The molecule has 1 aromatic carbocycles. The van der Waals surface area contributed by atoms with Crippen molar-refractivity contribution in [3.63, 3.8) is 0 Å². The van der Waals surface area contributed by atoms with Crippen molar-refractivity contribution in [2.24, 2.45) is 0 Å². The van der Waals surface area contributed by atoms with E-state index in [0.29, 0.717) is 17.0 Å². The highest BCUT2D eigenvalue weighted by Gasteiger charge is 2.07. The number of nitrogens with one attached hydrogen (secondary N) is 1. The fourth-order valence-electron chi connectivity index (χ4n) is 1.89. The van der Waals surface area contributed by atoms with Crippen molar-refractivity contribution < 1.29 is 4.79 Å². The van der Waals surface area contributed by atoms with E-state index >= 15 is 0 Å². The Labute approximate surface area is 122 Å². The Morgan fingerprint density at radius 3 is 2.75 bits per heavy atom. The molecule has 20 heavy (non-hydrogen) atoms. The summed E-state index contributed by atoms with van der Waals surface area (Å²) < 4.78 is 0. The van der Waals surface area contributed by atoms with Gasteiger partial charge in [0, 0.05) is 6.42 Å². The first-order chi connectivity index (χ1) is 9.69. The number of carbonyl (C=O) groups is 1. The van der Waals surface area contributed by atoms with Gasteiger partial charge in [0.2, 0.25) is 5.91 Å². The van der Waals surface area contributed by atoms with Crippen LogP contribution in [0, 0.1) is 18.3 Å². The number of aryl methyl sites for hydroxylation is 2. The van der Waals surface area contributed by atoms with Crippen molar-refractivity contribution in [1.29, 1.82) is 5.26 Å². The molecule has 3 nitrogen and oxygen atoms in total. The molecule has 0 aliphatic carbocycles. The first kappa shape index (κ1) is 14.3. The number of nitrogens with zero attached hydrogens (tertiary/aromatic N) is 1. The van der Waals surface area contributed by atoms with E-state index in [0.717, 1.165) is 12.8 Å². The SMILES string of the molecule is Cc1ccc(CCCC(=O)Nc2sccc2C#N)cc1. The van der Waals surface area contributed by atoms with Crippen LogP contribution in [0.2, 0.25) is 0 Å². The van der Waals surface area contributed by atoms with Gasteiger partial charge in [0.1, 0.15) is 11.1 Å². The van der Waals surface area contributed by atoms with Crippen LogP contribution in [-0.4, -0.2) is 5.91 Å². The van der Waals surface area contributed by atoms with Gasteiger partial charge in [-0.2, -0.15) is 5.26 Å². The lowest BCUT2D eigenvalue weighted by Crippen LogP contribution is -2.11. The number of anilines is 1. The predicted molar refractivity (Wildman–Crippen MR) is 81.8 cm³/mol. The Morgan fingerprint density at radius 2 is 2.05 bits per heavy atom. The fourth-order valence-corrected chi connectivity index (χ4v) is 2.64. The van der Waals surface area contributed by atoms with Gasteiger partial charge in [-0.3, -0.25) is 4.79 Å². The van der Waals surface area contributed by atoms with E-state index in [1.54, 1.807) is 11.4 Å². The lowest BCUT2D eigenvalue weighted by molar-refractivity contribution is -0.116. The van der Waals surface area contributed by atoms with E-state index in [1.165, 1.54) is 22.5 Å². The van der Waals surface area contributed by atoms with Gasteiger partial charge in [0.05, 0.1) is 5.56 Å². The average Bonchev–Trinajstić information content (AvgIpc) is 2.88. The third-order valence-corrected chi connectivity index (χ3v) is 3.86. The molecule has 0 radical (unpaired) electrons. The van der Waals surface area contributed by atoms with Gasteiger partial charge in [-0.15, -0.1) is 11.3 Å². The molecule has 0 saturated carbocycles. The number of hydrogen-bond acceptors (Lipinski definition) is 3. The fraction of sp³-hybridized carbons (Fsp3) is 0.250. The van der Waals surface area contributed by atoms with Gasteiger partial charge < -0.3 is 5.32 Å². The van der Waals surface area contributed by atoms with E-state index in [1.807, 2.05) is 0 Å². The van der Waals surface area contributed by atoms with Crippen molar-refractivity contribution >= 4 is 22.2 Å². The third-order valence-electron chi connectivity index (χ3n) is 3.03. The Kier molecular flexibility index (Phi) is 4.91. The number of amides is 1. The summed E-state index contributed by atoms with van der Waals surface area (Å²) in [6.07, 6.45) is 2.17. The molecule has 1 amide bonds. The van der Waals surface area contributed by atoms with Gasteiger partial charge in [0.15, 0.2) is 0 Å². The monoisotopic (exact) mass is 284 g/mol. The molecular weight excluding hydrogens is 268 g/mol. The normalized spacial score (nSPS) is 10.0. The minimum atomic E-state index is -0.0314. The average molecular weight is 284 g/mol. The number of nitriles is 1. The maximum Gasteiger partial charge on any atom is 0.225 e. The van der Waals surface area contributed by atoms with Crippen molar-refractivity contribution in [2.75, 3.05) is 5.32 Å². The van der Waals surface area contributed by atoms with Crippen LogP contribution in [0.15, 0.2) is 35.7 Å². The van der Waals surface area contributed by atoms with Crippen molar-refractivity contribution in [3.05, 3.63) is 52.4 Å². The van der Waals surface area contributed by atoms with Crippen molar-refractivity contribution in [3.8, 4) is 6.07 Å². The first-order valence-electron chi connectivity index (χ1n) is 6.52. The molecule has 0 atom stereocenters. The Balaban J connectivity index is 1.78. The molecule has 0 unspecified atom stereocenters. The summed E-state index contributed by atoms with van der Waals surface area (Å²) in [5, 5.41) is 14.1. The lowest BCUT2D eigenvalue weighted by Gasteiger charge is -2.04. The second-order valence-electron chi connectivity index (χ2n) is 4.66. The van der Waals surface area contributed by atoms with Crippen LogP contribution in [0.5, 0.6) is 0 Å². The maximum absolute atomic E-state index is 11.8. The molecule has 0 aliphatic heterocycles. The van der Waals surface area contributed by atoms with Crippen LogP contribution in [0.1, 0.15) is 29.5 Å². The summed E-state index contributed by atoms with van der Waals surface area (Å²) in [6, 6.07) is 12.1. The van der Waals surface area contributed by atoms with E-state index in [-0.39, 0.29) is 5.91 Å². The number of hydrogen-bond donors (Lipinski definition) is 1. The van der Waals surface area contributed by atoms with Gasteiger partial charge >= 0.3 is 0 Å². The van der Waals surface area contributed by atoms with Crippen LogP contribution in [-0.2, 0) is 11.2 Å². The highest BCUT2D eigenvalue weighted by Crippen LogP contribution is 2.22. The third kappa shape index (κ3) is 3.94. The van der Waals surface area contributed by atoms with Gasteiger partial charge in [-0.1, -0.05) is 29.8 Å². The topological polar surface area (TPSA) is 52.9 Å². The smallest absolute Gasteiger partial charge is 0.225 e. The summed E-state index contributed by atoms with van der Waals surface area (Å²) in [5.74, 6) is -0.0314. The van der Waals surface area contributed by atoms with Crippen LogP contribution in [0.4, 0.5) is 5.00 Å². The summed E-state index contributed by atoms with van der Waals surface area (Å²) in [4.78, 5) is 11.8. The van der Waals surface area contributed by atoms with Crippen LogP contribution in [0.25, 0.3) is 0 Å². The molecule has 4 heteroatoms. The highest BCUT2D eigenvalue weighted by molar-refractivity contribution is 7.14. The Morgan fingerprint density at radius 1 is 1.30 bits per heavy atom. The summed E-state index contributed by atoms with van der Waals surface area (Å²) >= 11 is 1.38. The molecule has 0 bridgehead atoms. The van der Waals surface area contributed by atoms with Gasteiger partial charge in [0.25, 0.3) is 0 Å². The zero-order valence-electron chi connectivity index (χ0n) is 11.3. The second-order valence-corrected chi connectivity index (χ2v) is 5.58. The molecular formula is C16H16N2OS. The molecule has 0 saturated heterocycles. The first-order valence-corrected chi connectivity index (χ1v) is 7.40. The number of carbonyl (C=O) groups excluding carboxylic acids is 1. The minimum absolute atomic E-state index is 0.0314. The van der Waals surface area contributed by atoms with Crippen molar-refractivity contribution in [2.45, 2.75) is 26.2 Å². The van der Waals surface area contributed by atoms with Crippen molar-refractivity contribution in [1.82, 2.24) is 0 Å². The molecule has 102 valence electrons. The van der Waals surface area contributed by atoms with Crippen LogP contribution >= 0.6 is 11.3 Å². The summed E-state index contributed by atoms with van der Waals surface area (Å²) in [6.45, 7) is 2.06. The zero-order valence-corrected chi connectivity index (χ0v) is 12.2. The zero-order chi connectivity index (χ0) is 14.4. The Bertz CT molecular complexity index is 623. The van der Waals surface area contributed by atoms with Gasteiger partial charge in [-0.25, -0.2) is 0 Å². The number of benzene rings is 1. The summed E-state index contributed by atoms with van der Waals surface area (Å²) in [5.41, 5.74) is 3.02. The predicted octanol–water partition coefficient (Wildman–Crippen LogP) is 3.89. The lowest BCUT2D eigenvalue weighted by atomic mass is 10.1. The van der Waals surface area contributed by atoms with E-state index in [2.05, 4.69) is 42.6 Å². The molecule has 1 aromatic heterocycles. The van der Waals surface area contributed by atoms with E-state index in [9.17, 15) is 4.79 Å². The molecule has 0 aliphatic rings. The minimum Gasteiger partial charge on any atom is -0.317 e. The largest absolute Gasteiger partial charge is 0.317 e. The molecule has 2 aromatic rings. The maximum atomic E-state index is 11.8. The quantitative estimate of drug-likeness (QED) is 0.905. The van der Waals surface area contributed by atoms with E-state index in [4.69, 9.17) is 5.26 Å². The number of rotatable bonds is 5. The van der Waals surface area contributed by atoms with Gasteiger partial charge in [-0.05, 0) is 36.8 Å². The molecule has 0 spiro atoms. The molecule has 1 N–H and O–H groups in total. The number of thiophene rings is 1. The standard InChI is InChI=1S/C16H16N2OS/c1-12-5-7-13(8-6-12)3-2-4-15(19)18-16-14(11-17)9-10-20-16/h5-10H,2-4H2,1H3,(H,18,19). The second kappa shape index (κ2) is 6.88. The molecule has 0 fully saturated rings. The highest BCUT2D eigenvalue weighted by atomic mass is 32.1. The molecule has 1 heterocycles. The van der Waals surface area contributed by atoms with E-state index < -0.39 is 0 Å². The van der Waals surface area contributed by atoms with Crippen LogP contribution < -0.4 is 5.32 Å². The van der Waals surface area contributed by atoms with Crippen LogP contribution in [0.3, 0.4) is 0 Å². The molecule has 2 rings (SSSR count). The summed E-state index contributed by atoms with van der Waals surface area (Å²) in [7, 11) is 0. The Hall–Kier alpha value is -2.12.